The first-order valence-electron chi connectivity index (χ1n) is 4.06. The topological polar surface area (TPSA) is 83.7 Å². The molecule has 1 N–H and O–H groups in total. The predicted octanol–water partition coefficient (Wildman–Crippen LogP) is 1.27. The van der Waals surface area contributed by atoms with Crippen molar-refractivity contribution >= 4 is 21.8 Å². The van der Waals surface area contributed by atoms with E-state index in [0.717, 1.165) is 9.37 Å². The number of nitrogens with zero attached hydrogens (tertiary/aromatic N) is 3. The standard InChI is InChI=1S/C9H7BrN4O/c10-7-5-8(13-6-7)9(15)14(3-1-11)4-2-12/h5-6,13H,3-4H2. The lowest BCUT2D eigenvalue weighted by atomic mass is 10.3. The summed E-state index contributed by atoms with van der Waals surface area (Å²) in [5.74, 6) is -0.358. The summed E-state index contributed by atoms with van der Waals surface area (Å²) in [5.41, 5.74) is 0.354. The van der Waals surface area contributed by atoms with Crippen molar-refractivity contribution in [3.63, 3.8) is 0 Å². The van der Waals surface area contributed by atoms with Crippen LogP contribution in [0.25, 0.3) is 0 Å². The number of amides is 1. The Morgan fingerprint density at radius 3 is 2.47 bits per heavy atom. The molecule has 6 heteroatoms. The molecule has 0 aliphatic carbocycles. The molecule has 0 aromatic carbocycles. The number of aromatic amines is 1. The van der Waals surface area contributed by atoms with Gasteiger partial charge in [-0.15, -0.1) is 0 Å². The Labute approximate surface area is 95.0 Å². The summed E-state index contributed by atoms with van der Waals surface area (Å²) < 4.78 is 0.750. The summed E-state index contributed by atoms with van der Waals surface area (Å²) in [6.07, 6.45) is 1.62. The number of aromatic nitrogens is 1. The second-order valence-corrected chi connectivity index (χ2v) is 3.62. The number of halogens is 1. The molecule has 0 saturated heterocycles. The van der Waals surface area contributed by atoms with Gasteiger partial charge in [-0.05, 0) is 22.0 Å². The average molecular weight is 267 g/mol. The minimum atomic E-state index is -0.358. The molecule has 0 unspecified atom stereocenters. The van der Waals surface area contributed by atoms with Crippen molar-refractivity contribution in [3.05, 3.63) is 22.4 Å². The van der Waals surface area contributed by atoms with Crippen LogP contribution in [0.2, 0.25) is 0 Å². The molecule has 15 heavy (non-hydrogen) atoms. The maximum Gasteiger partial charge on any atom is 0.272 e. The summed E-state index contributed by atoms with van der Waals surface area (Å²) in [5, 5.41) is 17.0. The van der Waals surface area contributed by atoms with Gasteiger partial charge in [0, 0.05) is 10.7 Å². The zero-order chi connectivity index (χ0) is 11.3. The fourth-order valence-electron chi connectivity index (χ4n) is 1.03. The third-order valence-electron chi connectivity index (χ3n) is 1.69. The molecule has 0 spiro atoms. The summed E-state index contributed by atoms with van der Waals surface area (Å²) in [4.78, 5) is 15.6. The molecule has 0 aliphatic heterocycles. The maximum absolute atomic E-state index is 11.7. The van der Waals surface area contributed by atoms with E-state index in [9.17, 15) is 4.79 Å². The molecule has 1 rings (SSSR count). The summed E-state index contributed by atoms with van der Waals surface area (Å²) in [6, 6.07) is 5.28. The van der Waals surface area contributed by atoms with Gasteiger partial charge in [0.2, 0.25) is 0 Å². The van der Waals surface area contributed by atoms with Gasteiger partial charge in [0.15, 0.2) is 0 Å². The Morgan fingerprint density at radius 1 is 1.47 bits per heavy atom. The number of hydrogen-bond donors (Lipinski definition) is 1. The van der Waals surface area contributed by atoms with Gasteiger partial charge in [0.05, 0.1) is 12.1 Å². The molecule has 0 radical (unpaired) electrons. The molecule has 1 aromatic heterocycles. The lowest BCUT2D eigenvalue weighted by molar-refractivity contribution is 0.0789. The van der Waals surface area contributed by atoms with Gasteiger partial charge >= 0.3 is 0 Å². The van der Waals surface area contributed by atoms with Crippen molar-refractivity contribution in [2.75, 3.05) is 13.1 Å². The van der Waals surface area contributed by atoms with Gasteiger partial charge < -0.3 is 9.88 Å². The van der Waals surface area contributed by atoms with Crippen LogP contribution in [0.1, 0.15) is 10.5 Å². The third kappa shape index (κ3) is 2.83. The predicted molar refractivity (Wildman–Crippen MR) is 55.6 cm³/mol. The first-order valence-corrected chi connectivity index (χ1v) is 4.85. The fraction of sp³-hybridized carbons (Fsp3) is 0.222. The second kappa shape index (κ2) is 5.18. The Balaban J connectivity index is 2.82. The van der Waals surface area contributed by atoms with E-state index in [-0.39, 0.29) is 19.0 Å². The summed E-state index contributed by atoms with van der Waals surface area (Å²) in [6.45, 7) is -0.188. The molecule has 0 saturated carbocycles. The number of nitriles is 2. The maximum atomic E-state index is 11.7. The van der Waals surface area contributed by atoms with Gasteiger partial charge in [-0.2, -0.15) is 10.5 Å². The zero-order valence-corrected chi connectivity index (χ0v) is 9.28. The number of rotatable bonds is 3. The molecule has 1 aromatic rings. The van der Waals surface area contributed by atoms with Crippen molar-refractivity contribution in [2.24, 2.45) is 0 Å². The number of carbonyl (C=O) groups excluding carboxylic acids is 1. The first kappa shape index (κ1) is 11.3. The van der Waals surface area contributed by atoms with Crippen LogP contribution in [0.4, 0.5) is 0 Å². The SMILES string of the molecule is N#CCN(CC#N)C(=O)c1cc(Br)c[nH]1. The van der Waals surface area contributed by atoms with Crippen LogP contribution < -0.4 is 0 Å². The van der Waals surface area contributed by atoms with Crippen molar-refractivity contribution in [3.8, 4) is 12.1 Å². The smallest absolute Gasteiger partial charge is 0.272 e. The van der Waals surface area contributed by atoms with E-state index in [1.54, 1.807) is 12.3 Å². The summed E-state index contributed by atoms with van der Waals surface area (Å²) >= 11 is 3.20. The van der Waals surface area contributed by atoms with E-state index < -0.39 is 0 Å². The van der Waals surface area contributed by atoms with Crippen LogP contribution in [0.3, 0.4) is 0 Å². The van der Waals surface area contributed by atoms with Crippen LogP contribution in [0.15, 0.2) is 16.7 Å². The number of H-pyrrole nitrogens is 1. The van der Waals surface area contributed by atoms with Crippen molar-refractivity contribution in [2.45, 2.75) is 0 Å². The van der Waals surface area contributed by atoms with E-state index in [0.29, 0.717) is 5.69 Å². The van der Waals surface area contributed by atoms with Crippen molar-refractivity contribution < 1.29 is 4.79 Å². The van der Waals surface area contributed by atoms with E-state index >= 15 is 0 Å². The Bertz CT molecular complexity index is 424. The lowest BCUT2D eigenvalue weighted by Gasteiger charge is -2.14. The molecule has 1 heterocycles. The van der Waals surface area contributed by atoms with E-state index in [4.69, 9.17) is 10.5 Å². The molecular weight excluding hydrogens is 260 g/mol. The average Bonchev–Trinajstić information content (AvgIpc) is 2.63. The summed E-state index contributed by atoms with van der Waals surface area (Å²) in [7, 11) is 0. The van der Waals surface area contributed by atoms with Crippen LogP contribution in [-0.2, 0) is 0 Å². The van der Waals surface area contributed by atoms with Crippen molar-refractivity contribution in [1.29, 1.82) is 10.5 Å². The largest absolute Gasteiger partial charge is 0.356 e. The highest BCUT2D eigenvalue weighted by Crippen LogP contribution is 2.12. The third-order valence-corrected chi connectivity index (χ3v) is 2.15. The van der Waals surface area contributed by atoms with Gasteiger partial charge in [0.1, 0.15) is 18.8 Å². The van der Waals surface area contributed by atoms with E-state index in [1.165, 1.54) is 0 Å². The van der Waals surface area contributed by atoms with Gasteiger partial charge in [-0.1, -0.05) is 0 Å². The molecule has 0 bridgehead atoms. The fourth-order valence-corrected chi connectivity index (χ4v) is 1.38. The molecule has 5 nitrogen and oxygen atoms in total. The normalized spacial score (nSPS) is 9.00. The lowest BCUT2D eigenvalue weighted by Crippen LogP contribution is -2.31. The van der Waals surface area contributed by atoms with Crippen molar-refractivity contribution in [1.82, 2.24) is 9.88 Å². The van der Waals surface area contributed by atoms with E-state index in [2.05, 4.69) is 20.9 Å². The van der Waals surface area contributed by atoms with Crippen LogP contribution in [-0.4, -0.2) is 28.9 Å². The van der Waals surface area contributed by atoms with Crippen LogP contribution >= 0.6 is 15.9 Å². The molecule has 1 amide bonds. The van der Waals surface area contributed by atoms with E-state index in [1.807, 2.05) is 12.1 Å². The Morgan fingerprint density at radius 2 is 2.07 bits per heavy atom. The minimum absolute atomic E-state index is 0.0942. The molecule has 0 atom stereocenters. The Kier molecular flexibility index (Phi) is 3.90. The first-order chi connectivity index (χ1) is 7.19. The van der Waals surface area contributed by atoms with Gasteiger partial charge in [-0.3, -0.25) is 4.79 Å². The monoisotopic (exact) mass is 266 g/mol. The van der Waals surface area contributed by atoms with Crippen LogP contribution in [0.5, 0.6) is 0 Å². The number of nitrogens with one attached hydrogen (secondary N) is 1. The Hall–Kier alpha value is -1.79. The zero-order valence-electron chi connectivity index (χ0n) is 7.70. The number of hydrogen-bond acceptors (Lipinski definition) is 3. The molecule has 0 fully saturated rings. The highest BCUT2D eigenvalue weighted by molar-refractivity contribution is 9.10. The molecular formula is C9H7BrN4O. The van der Waals surface area contributed by atoms with Gasteiger partial charge in [0.25, 0.3) is 5.91 Å². The van der Waals surface area contributed by atoms with Gasteiger partial charge in [-0.25, -0.2) is 0 Å². The highest BCUT2D eigenvalue weighted by atomic mass is 79.9. The molecule has 0 aliphatic rings. The highest BCUT2D eigenvalue weighted by Gasteiger charge is 2.16. The number of carbonyl (C=O) groups is 1. The molecule has 76 valence electrons. The quantitative estimate of drug-likeness (QED) is 0.837. The second-order valence-electron chi connectivity index (χ2n) is 2.71. The van der Waals surface area contributed by atoms with Crippen LogP contribution in [0, 0.1) is 22.7 Å². The minimum Gasteiger partial charge on any atom is -0.356 e.